The molecule has 0 radical (unpaired) electrons. The first-order valence-electron chi connectivity index (χ1n) is 4.82. The SMILES string of the molecule is COC(=O)CC(N)COc1ccc(Br)cc1. The van der Waals surface area contributed by atoms with Crippen LogP contribution in [0.15, 0.2) is 28.7 Å². The smallest absolute Gasteiger partial charge is 0.307 e. The average Bonchev–Trinajstić information content (AvgIpc) is 2.28. The van der Waals surface area contributed by atoms with Crippen LogP contribution in [0.5, 0.6) is 5.75 Å². The van der Waals surface area contributed by atoms with Crippen molar-refractivity contribution in [3.8, 4) is 5.75 Å². The zero-order valence-corrected chi connectivity index (χ0v) is 10.6. The van der Waals surface area contributed by atoms with E-state index in [0.29, 0.717) is 0 Å². The van der Waals surface area contributed by atoms with Crippen molar-refractivity contribution in [3.63, 3.8) is 0 Å². The fourth-order valence-corrected chi connectivity index (χ4v) is 1.35. The van der Waals surface area contributed by atoms with Gasteiger partial charge in [-0.3, -0.25) is 4.79 Å². The summed E-state index contributed by atoms with van der Waals surface area (Å²) in [4.78, 5) is 10.9. The molecule has 0 aromatic heterocycles. The molecule has 1 atom stereocenters. The summed E-state index contributed by atoms with van der Waals surface area (Å²) in [6, 6.07) is 7.06. The lowest BCUT2D eigenvalue weighted by Crippen LogP contribution is -2.30. The molecule has 0 saturated carbocycles. The van der Waals surface area contributed by atoms with Crippen LogP contribution in [-0.2, 0) is 9.53 Å². The van der Waals surface area contributed by atoms with Crippen LogP contribution in [0.1, 0.15) is 6.42 Å². The first-order chi connectivity index (χ1) is 7.61. The number of nitrogens with two attached hydrogens (primary N) is 1. The van der Waals surface area contributed by atoms with E-state index in [1.165, 1.54) is 7.11 Å². The van der Waals surface area contributed by atoms with Crippen LogP contribution in [0.4, 0.5) is 0 Å². The van der Waals surface area contributed by atoms with Crippen molar-refractivity contribution in [2.24, 2.45) is 5.73 Å². The zero-order valence-electron chi connectivity index (χ0n) is 8.98. The second-order valence-electron chi connectivity index (χ2n) is 3.31. The number of carbonyl (C=O) groups is 1. The molecule has 0 aliphatic heterocycles. The highest BCUT2D eigenvalue weighted by atomic mass is 79.9. The zero-order chi connectivity index (χ0) is 12.0. The van der Waals surface area contributed by atoms with Crippen LogP contribution in [0.3, 0.4) is 0 Å². The number of methoxy groups -OCH3 is 1. The topological polar surface area (TPSA) is 61.5 Å². The highest BCUT2D eigenvalue weighted by Crippen LogP contribution is 2.16. The molecule has 0 heterocycles. The number of hydrogen-bond acceptors (Lipinski definition) is 4. The van der Waals surface area contributed by atoms with Crippen molar-refractivity contribution in [2.75, 3.05) is 13.7 Å². The molecule has 4 nitrogen and oxygen atoms in total. The summed E-state index contributed by atoms with van der Waals surface area (Å²) in [5.41, 5.74) is 5.69. The lowest BCUT2D eigenvalue weighted by molar-refractivity contribution is -0.141. The van der Waals surface area contributed by atoms with Gasteiger partial charge in [-0.2, -0.15) is 0 Å². The van der Waals surface area contributed by atoms with E-state index in [1.54, 1.807) is 0 Å². The molecule has 0 saturated heterocycles. The van der Waals surface area contributed by atoms with Crippen LogP contribution in [-0.4, -0.2) is 25.7 Å². The van der Waals surface area contributed by atoms with Crippen molar-refractivity contribution in [1.82, 2.24) is 0 Å². The first kappa shape index (κ1) is 13.0. The number of esters is 1. The van der Waals surface area contributed by atoms with Gasteiger partial charge in [-0.15, -0.1) is 0 Å². The third-order valence-corrected chi connectivity index (χ3v) is 2.46. The van der Waals surface area contributed by atoms with Crippen molar-refractivity contribution in [1.29, 1.82) is 0 Å². The monoisotopic (exact) mass is 287 g/mol. The molecule has 0 aliphatic rings. The summed E-state index contributed by atoms with van der Waals surface area (Å²) in [5.74, 6) is 0.399. The number of halogens is 1. The standard InChI is InChI=1S/C11H14BrNO3/c1-15-11(14)6-9(13)7-16-10-4-2-8(12)3-5-10/h2-5,9H,6-7,13H2,1H3. The van der Waals surface area contributed by atoms with Crippen LogP contribution in [0.25, 0.3) is 0 Å². The second-order valence-corrected chi connectivity index (χ2v) is 4.22. The Bertz CT molecular complexity index is 340. The number of carbonyl (C=O) groups excluding carboxylic acids is 1. The Morgan fingerprint density at radius 2 is 2.06 bits per heavy atom. The number of hydrogen-bond donors (Lipinski definition) is 1. The minimum absolute atomic E-state index is 0.160. The summed E-state index contributed by atoms with van der Waals surface area (Å²) in [7, 11) is 1.34. The predicted molar refractivity (Wildman–Crippen MR) is 64.2 cm³/mol. The third-order valence-electron chi connectivity index (χ3n) is 1.93. The largest absolute Gasteiger partial charge is 0.492 e. The molecule has 1 rings (SSSR count). The van der Waals surface area contributed by atoms with Gasteiger partial charge in [0, 0.05) is 10.5 Å². The highest BCUT2D eigenvalue weighted by molar-refractivity contribution is 9.10. The fourth-order valence-electron chi connectivity index (χ4n) is 1.09. The van der Waals surface area contributed by atoms with Gasteiger partial charge >= 0.3 is 5.97 Å². The number of rotatable bonds is 5. The van der Waals surface area contributed by atoms with Gasteiger partial charge in [-0.05, 0) is 24.3 Å². The van der Waals surface area contributed by atoms with Gasteiger partial charge in [0.1, 0.15) is 12.4 Å². The Morgan fingerprint density at radius 1 is 1.44 bits per heavy atom. The highest BCUT2D eigenvalue weighted by Gasteiger charge is 2.10. The van der Waals surface area contributed by atoms with E-state index in [9.17, 15) is 4.79 Å². The molecule has 0 fully saturated rings. The van der Waals surface area contributed by atoms with E-state index < -0.39 is 0 Å². The van der Waals surface area contributed by atoms with Crippen molar-refractivity contribution in [2.45, 2.75) is 12.5 Å². The Hall–Kier alpha value is -1.07. The predicted octanol–water partition coefficient (Wildman–Crippen LogP) is 1.72. The van der Waals surface area contributed by atoms with Crippen LogP contribution < -0.4 is 10.5 Å². The molecule has 0 amide bonds. The molecule has 0 spiro atoms. The number of ether oxygens (including phenoxy) is 2. The van der Waals surface area contributed by atoms with Gasteiger partial charge in [0.25, 0.3) is 0 Å². The lowest BCUT2D eigenvalue weighted by Gasteiger charge is -2.11. The Labute approximate surface area is 103 Å². The van der Waals surface area contributed by atoms with E-state index in [4.69, 9.17) is 10.5 Å². The van der Waals surface area contributed by atoms with Crippen molar-refractivity contribution in [3.05, 3.63) is 28.7 Å². The Kier molecular flexibility index (Phi) is 5.28. The van der Waals surface area contributed by atoms with Crippen LogP contribution in [0.2, 0.25) is 0 Å². The Balaban J connectivity index is 2.34. The molecule has 1 aromatic rings. The molecular formula is C11H14BrNO3. The number of benzene rings is 1. The maximum atomic E-state index is 10.9. The van der Waals surface area contributed by atoms with Crippen LogP contribution in [0, 0.1) is 0 Å². The van der Waals surface area contributed by atoms with E-state index >= 15 is 0 Å². The minimum Gasteiger partial charge on any atom is -0.492 e. The average molecular weight is 288 g/mol. The molecule has 88 valence electrons. The Morgan fingerprint density at radius 3 is 2.62 bits per heavy atom. The van der Waals surface area contributed by atoms with Gasteiger partial charge in [0.15, 0.2) is 0 Å². The maximum absolute atomic E-state index is 10.9. The quantitative estimate of drug-likeness (QED) is 0.838. The molecule has 1 unspecified atom stereocenters. The molecule has 2 N–H and O–H groups in total. The van der Waals surface area contributed by atoms with Crippen LogP contribution >= 0.6 is 15.9 Å². The second kappa shape index (κ2) is 6.50. The van der Waals surface area contributed by atoms with E-state index in [-0.39, 0.29) is 25.0 Å². The van der Waals surface area contributed by atoms with Gasteiger partial charge in [0.2, 0.25) is 0 Å². The molecular weight excluding hydrogens is 274 g/mol. The van der Waals surface area contributed by atoms with E-state index in [2.05, 4.69) is 20.7 Å². The van der Waals surface area contributed by atoms with E-state index in [0.717, 1.165) is 10.2 Å². The summed E-state index contributed by atoms with van der Waals surface area (Å²) in [6.45, 7) is 0.288. The molecule has 1 aromatic carbocycles. The molecule has 5 heteroatoms. The van der Waals surface area contributed by atoms with Crippen molar-refractivity contribution < 1.29 is 14.3 Å². The normalized spacial score (nSPS) is 11.9. The van der Waals surface area contributed by atoms with E-state index in [1.807, 2.05) is 24.3 Å². The maximum Gasteiger partial charge on any atom is 0.307 e. The van der Waals surface area contributed by atoms with Gasteiger partial charge in [-0.25, -0.2) is 0 Å². The lowest BCUT2D eigenvalue weighted by atomic mass is 10.2. The van der Waals surface area contributed by atoms with Gasteiger partial charge < -0.3 is 15.2 Å². The fraction of sp³-hybridized carbons (Fsp3) is 0.364. The molecule has 0 aliphatic carbocycles. The summed E-state index contributed by atoms with van der Waals surface area (Å²) in [6.07, 6.45) is 0.160. The molecule has 16 heavy (non-hydrogen) atoms. The molecule has 0 bridgehead atoms. The summed E-state index contributed by atoms with van der Waals surface area (Å²) in [5, 5.41) is 0. The minimum atomic E-state index is -0.351. The van der Waals surface area contributed by atoms with Gasteiger partial charge in [0.05, 0.1) is 13.5 Å². The summed E-state index contributed by atoms with van der Waals surface area (Å²) < 4.78 is 10.9. The summed E-state index contributed by atoms with van der Waals surface area (Å²) >= 11 is 3.33. The first-order valence-corrected chi connectivity index (χ1v) is 5.62. The third kappa shape index (κ3) is 4.63. The van der Waals surface area contributed by atoms with Crippen molar-refractivity contribution >= 4 is 21.9 Å². The van der Waals surface area contributed by atoms with Gasteiger partial charge in [-0.1, -0.05) is 15.9 Å².